The van der Waals surface area contributed by atoms with Gasteiger partial charge in [-0.05, 0) is 30.9 Å². The van der Waals surface area contributed by atoms with Crippen molar-refractivity contribution < 1.29 is 5.11 Å². The van der Waals surface area contributed by atoms with E-state index in [1.54, 1.807) is 11.3 Å². The molecule has 1 aromatic carbocycles. The minimum absolute atomic E-state index is 0.359. The van der Waals surface area contributed by atoms with Crippen LogP contribution in [0.5, 0.6) is 0 Å². The van der Waals surface area contributed by atoms with E-state index < -0.39 is 6.10 Å². The Morgan fingerprint density at radius 2 is 2.07 bits per heavy atom. The minimum Gasteiger partial charge on any atom is -0.387 e. The fourth-order valence-corrected chi connectivity index (χ4v) is 3.33. The van der Waals surface area contributed by atoms with Crippen LogP contribution in [0.25, 0.3) is 0 Å². The molecule has 8 heteroatoms. The first-order valence-corrected chi connectivity index (χ1v) is 10.0. The zero-order valence-electron chi connectivity index (χ0n) is 16.4. The van der Waals surface area contributed by atoms with E-state index in [1.807, 2.05) is 61.2 Å². The summed E-state index contributed by atoms with van der Waals surface area (Å²) in [4.78, 5) is 5.83. The second-order valence-corrected chi connectivity index (χ2v) is 7.66. The molecule has 28 heavy (non-hydrogen) atoms. The maximum atomic E-state index is 10.5. The molecule has 0 bridgehead atoms. The standard InChI is InChI=1S/C20H26N6OS/c1-14-6-4-7-16(10-14)18(27)12-22-20(21-11-17-8-5-9-28-17)23-13-19-25-24-15(2)26(19)3/h4-10,18,27H,11-13H2,1-3H3,(H2,21,22,23). The molecule has 0 spiro atoms. The number of aliphatic imine (C=N–C) groups is 1. The third-order valence-electron chi connectivity index (χ3n) is 4.46. The smallest absolute Gasteiger partial charge is 0.192 e. The van der Waals surface area contributed by atoms with Gasteiger partial charge in [-0.3, -0.25) is 0 Å². The SMILES string of the molecule is Cc1cccc(C(O)CNC(=NCc2nnc(C)n2C)NCc2cccs2)c1. The van der Waals surface area contributed by atoms with Crippen molar-refractivity contribution in [2.75, 3.05) is 6.54 Å². The van der Waals surface area contributed by atoms with Crippen LogP contribution in [0.4, 0.5) is 0 Å². The predicted molar refractivity (Wildman–Crippen MR) is 112 cm³/mol. The van der Waals surface area contributed by atoms with Gasteiger partial charge in [0.25, 0.3) is 0 Å². The average molecular weight is 399 g/mol. The van der Waals surface area contributed by atoms with Crippen LogP contribution in [0.1, 0.15) is 33.8 Å². The van der Waals surface area contributed by atoms with Crippen molar-refractivity contribution in [1.82, 2.24) is 25.4 Å². The number of guanidine groups is 1. The van der Waals surface area contributed by atoms with Gasteiger partial charge >= 0.3 is 0 Å². The van der Waals surface area contributed by atoms with E-state index in [9.17, 15) is 5.11 Å². The molecule has 1 unspecified atom stereocenters. The van der Waals surface area contributed by atoms with Gasteiger partial charge in [-0.25, -0.2) is 4.99 Å². The Bertz CT molecular complexity index is 919. The Balaban J connectivity index is 1.66. The zero-order valence-corrected chi connectivity index (χ0v) is 17.2. The van der Waals surface area contributed by atoms with Crippen molar-refractivity contribution >= 4 is 17.3 Å². The van der Waals surface area contributed by atoms with Crippen molar-refractivity contribution in [2.45, 2.75) is 33.0 Å². The Hall–Kier alpha value is -2.71. The monoisotopic (exact) mass is 398 g/mol. The van der Waals surface area contributed by atoms with Gasteiger partial charge in [0.15, 0.2) is 11.8 Å². The summed E-state index contributed by atoms with van der Waals surface area (Å²) in [5.74, 6) is 2.26. The van der Waals surface area contributed by atoms with Crippen molar-refractivity contribution in [2.24, 2.45) is 12.0 Å². The van der Waals surface area contributed by atoms with Crippen molar-refractivity contribution in [3.8, 4) is 0 Å². The highest BCUT2D eigenvalue weighted by molar-refractivity contribution is 7.09. The molecule has 0 amide bonds. The van der Waals surface area contributed by atoms with E-state index in [-0.39, 0.29) is 0 Å². The van der Waals surface area contributed by atoms with Gasteiger partial charge < -0.3 is 20.3 Å². The number of aryl methyl sites for hydroxylation is 2. The summed E-state index contributed by atoms with van der Waals surface area (Å²) >= 11 is 1.69. The molecule has 3 N–H and O–H groups in total. The lowest BCUT2D eigenvalue weighted by atomic mass is 10.1. The molecular weight excluding hydrogens is 372 g/mol. The van der Waals surface area contributed by atoms with Crippen molar-refractivity contribution in [1.29, 1.82) is 0 Å². The third kappa shape index (κ3) is 5.40. The van der Waals surface area contributed by atoms with Gasteiger partial charge in [0.05, 0.1) is 12.6 Å². The minimum atomic E-state index is -0.620. The molecule has 0 aliphatic heterocycles. The van der Waals surface area contributed by atoms with Gasteiger partial charge in [0.2, 0.25) is 0 Å². The molecule has 2 heterocycles. The topological polar surface area (TPSA) is 87.4 Å². The van der Waals surface area contributed by atoms with Crippen LogP contribution >= 0.6 is 11.3 Å². The fraction of sp³-hybridized carbons (Fsp3) is 0.350. The molecular formula is C20H26N6OS. The van der Waals surface area contributed by atoms with Crippen LogP contribution < -0.4 is 10.6 Å². The molecule has 0 radical (unpaired) electrons. The zero-order chi connectivity index (χ0) is 19.9. The molecule has 1 atom stereocenters. The summed E-state index contributed by atoms with van der Waals surface area (Å²) in [5.41, 5.74) is 2.01. The lowest BCUT2D eigenvalue weighted by Gasteiger charge is -2.16. The largest absolute Gasteiger partial charge is 0.387 e. The molecule has 0 aliphatic rings. The summed E-state index contributed by atoms with van der Waals surface area (Å²) < 4.78 is 1.92. The van der Waals surface area contributed by atoms with Crippen molar-refractivity contribution in [3.05, 3.63) is 69.4 Å². The number of hydrogen-bond acceptors (Lipinski definition) is 5. The fourth-order valence-electron chi connectivity index (χ4n) is 2.69. The molecule has 0 fully saturated rings. The van der Waals surface area contributed by atoms with Gasteiger partial charge in [-0.2, -0.15) is 0 Å². The first-order chi connectivity index (χ1) is 13.5. The van der Waals surface area contributed by atoms with Crippen LogP contribution in [0, 0.1) is 13.8 Å². The summed E-state index contributed by atoms with van der Waals surface area (Å²) in [6.45, 7) is 5.35. The van der Waals surface area contributed by atoms with E-state index in [0.29, 0.717) is 25.6 Å². The number of nitrogens with one attached hydrogen (secondary N) is 2. The molecule has 0 aliphatic carbocycles. The predicted octanol–water partition coefficient (Wildman–Crippen LogP) is 2.46. The molecule has 0 saturated heterocycles. The van der Waals surface area contributed by atoms with Crippen LogP contribution in [-0.4, -0.2) is 32.4 Å². The number of aromatic nitrogens is 3. The lowest BCUT2D eigenvalue weighted by Crippen LogP contribution is -2.39. The van der Waals surface area contributed by atoms with E-state index in [4.69, 9.17) is 0 Å². The molecule has 0 saturated carbocycles. The van der Waals surface area contributed by atoms with E-state index in [0.717, 1.165) is 22.8 Å². The highest BCUT2D eigenvalue weighted by Crippen LogP contribution is 2.13. The number of aliphatic hydroxyl groups excluding tert-OH is 1. The first-order valence-electron chi connectivity index (χ1n) is 9.17. The Morgan fingerprint density at radius 3 is 2.75 bits per heavy atom. The summed E-state index contributed by atoms with van der Waals surface area (Å²) in [7, 11) is 1.92. The second-order valence-electron chi connectivity index (χ2n) is 6.63. The number of nitrogens with zero attached hydrogens (tertiary/aromatic N) is 4. The van der Waals surface area contributed by atoms with Gasteiger partial charge in [0, 0.05) is 18.5 Å². The molecule has 148 valence electrons. The maximum absolute atomic E-state index is 10.5. The van der Waals surface area contributed by atoms with Crippen molar-refractivity contribution in [3.63, 3.8) is 0 Å². The Labute approximate surface area is 169 Å². The van der Waals surface area contributed by atoms with E-state index in [2.05, 4.69) is 31.9 Å². The number of hydrogen-bond donors (Lipinski definition) is 3. The summed E-state index contributed by atoms with van der Waals surface area (Å²) in [5, 5.41) is 27.3. The van der Waals surface area contributed by atoms with Gasteiger partial charge in [-0.1, -0.05) is 35.9 Å². The Morgan fingerprint density at radius 1 is 1.21 bits per heavy atom. The Kier molecular flexibility index (Phi) is 6.78. The van der Waals surface area contributed by atoms with Crippen LogP contribution in [0.3, 0.4) is 0 Å². The highest BCUT2D eigenvalue weighted by Gasteiger charge is 2.10. The molecule has 3 rings (SSSR count). The highest BCUT2D eigenvalue weighted by atomic mass is 32.1. The first kappa shape index (κ1) is 20.0. The molecule has 2 aromatic heterocycles. The van der Waals surface area contributed by atoms with E-state index >= 15 is 0 Å². The quantitative estimate of drug-likeness (QED) is 0.420. The number of aliphatic hydroxyl groups is 1. The van der Waals surface area contributed by atoms with Crippen LogP contribution in [-0.2, 0) is 20.1 Å². The molecule has 7 nitrogen and oxygen atoms in total. The summed E-state index contributed by atoms with van der Waals surface area (Å²) in [6.07, 6.45) is -0.620. The molecule has 3 aromatic rings. The van der Waals surface area contributed by atoms with Crippen LogP contribution in [0.2, 0.25) is 0 Å². The summed E-state index contributed by atoms with van der Waals surface area (Å²) in [6, 6.07) is 12.0. The lowest BCUT2D eigenvalue weighted by molar-refractivity contribution is 0.180. The maximum Gasteiger partial charge on any atom is 0.192 e. The van der Waals surface area contributed by atoms with Gasteiger partial charge in [-0.15, -0.1) is 21.5 Å². The second kappa shape index (κ2) is 9.48. The number of thiophene rings is 1. The van der Waals surface area contributed by atoms with E-state index in [1.165, 1.54) is 4.88 Å². The average Bonchev–Trinajstić information content (AvgIpc) is 3.32. The van der Waals surface area contributed by atoms with Gasteiger partial charge in [0.1, 0.15) is 12.4 Å². The normalized spacial score (nSPS) is 12.8. The van der Waals surface area contributed by atoms with Crippen LogP contribution in [0.15, 0.2) is 46.8 Å². The third-order valence-corrected chi connectivity index (χ3v) is 5.34. The number of benzene rings is 1. The number of rotatable bonds is 7.